The molecule has 1 aromatic heterocycles. The molecule has 0 saturated heterocycles. The van der Waals surface area contributed by atoms with Crippen LogP contribution < -0.4 is 5.56 Å². The summed E-state index contributed by atoms with van der Waals surface area (Å²) in [6.07, 6.45) is 0. The molecule has 2 aromatic carbocycles. The summed E-state index contributed by atoms with van der Waals surface area (Å²) in [6.45, 7) is 0. The quantitative estimate of drug-likeness (QED) is 0.694. The number of hydrogen-bond donors (Lipinski definition) is 2. The molecule has 2 heterocycles. The van der Waals surface area contributed by atoms with Crippen LogP contribution in [0.2, 0.25) is 0 Å². The van der Waals surface area contributed by atoms with Crippen LogP contribution in [0.5, 0.6) is 0 Å². The van der Waals surface area contributed by atoms with Crippen LogP contribution in [0.4, 0.5) is 0 Å². The Kier molecular flexibility index (Phi) is 3.19. The van der Waals surface area contributed by atoms with Gasteiger partial charge >= 0.3 is 0 Å². The third kappa shape index (κ3) is 2.14. The molecule has 0 radical (unpaired) electrons. The number of fused-ring (bicyclic) bond motifs is 2. The third-order valence-corrected chi connectivity index (χ3v) is 5.97. The number of rotatable bonds is 1. The SMILES string of the molecule is CN1C(c2nc3ccccc3c(=O)[nH]2)=C(O)c2ccccc2S1(=O)=O. The van der Waals surface area contributed by atoms with E-state index >= 15 is 0 Å². The van der Waals surface area contributed by atoms with E-state index in [1.54, 1.807) is 36.4 Å². The van der Waals surface area contributed by atoms with Crippen LogP contribution in [0.25, 0.3) is 22.4 Å². The molecule has 8 heteroatoms. The molecular weight excluding hydrogens is 342 g/mol. The van der Waals surface area contributed by atoms with E-state index in [0.29, 0.717) is 10.9 Å². The van der Waals surface area contributed by atoms with Crippen molar-refractivity contribution in [1.29, 1.82) is 0 Å². The molecule has 0 bridgehead atoms. The average molecular weight is 355 g/mol. The molecule has 126 valence electrons. The van der Waals surface area contributed by atoms with Crippen molar-refractivity contribution in [2.24, 2.45) is 0 Å². The Morgan fingerprint density at radius 2 is 1.76 bits per heavy atom. The number of aromatic nitrogens is 2. The number of nitrogens with zero attached hydrogens (tertiary/aromatic N) is 2. The molecule has 4 rings (SSSR count). The van der Waals surface area contributed by atoms with E-state index in [-0.39, 0.29) is 27.7 Å². The smallest absolute Gasteiger partial charge is 0.265 e. The van der Waals surface area contributed by atoms with Gasteiger partial charge in [-0.15, -0.1) is 0 Å². The first-order chi connectivity index (χ1) is 11.9. The van der Waals surface area contributed by atoms with Crippen LogP contribution in [0.15, 0.2) is 58.2 Å². The molecule has 0 spiro atoms. The fourth-order valence-electron chi connectivity index (χ4n) is 2.89. The van der Waals surface area contributed by atoms with Crippen LogP contribution >= 0.6 is 0 Å². The molecule has 0 saturated carbocycles. The molecule has 0 amide bonds. The number of sulfonamides is 1. The highest BCUT2D eigenvalue weighted by Crippen LogP contribution is 2.37. The topological polar surface area (TPSA) is 103 Å². The van der Waals surface area contributed by atoms with Gasteiger partial charge in [0.1, 0.15) is 5.70 Å². The maximum Gasteiger partial charge on any atom is 0.265 e. The van der Waals surface area contributed by atoms with Crippen molar-refractivity contribution in [3.05, 3.63) is 70.3 Å². The van der Waals surface area contributed by atoms with Crippen molar-refractivity contribution in [3.8, 4) is 0 Å². The Labute approximate surface area is 142 Å². The van der Waals surface area contributed by atoms with Crippen molar-refractivity contribution in [1.82, 2.24) is 14.3 Å². The van der Waals surface area contributed by atoms with Gasteiger partial charge in [0.25, 0.3) is 15.6 Å². The Hall–Kier alpha value is -3.13. The summed E-state index contributed by atoms with van der Waals surface area (Å²) in [5, 5.41) is 11.0. The molecule has 0 aliphatic carbocycles. The molecule has 2 N–H and O–H groups in total. The van der Waals surface area contributed by atoms with E-state index in [1.807, 2.05) is 0 Å². The maximum atomic E-state index is 12.7. The summed E-state index contributed by atoms with van der Waals surface area (Å²) >= 11 is 0. The minimum atomic E-state index is -3.86. The van der Waals surface area contributed by atoms with Crippen molar-refractivity contribution in [3.63, 3.8) is 0 Å². The van der Waals surface area contributed by atoms with Crippen molar-refractivity contribution in [2.45, 2.75) is 4.90 Å². The number of para-hydroxylation sites is 1. The van der Waals surface area contributed by atoms with Crippen molar-refractivity contribution in [2.75, 3.05) is 7.05 Å². The second kappa shape index (κ2) is 5.18. The first-order valence-corrected chi connectivity index (χ1v) is 8.86. The van der Waals surface area contributed by atoms with Crippen molar-refractivity contribution < 1.29 is 13.5 Å². The number of benzene rings is 2. The fraction of sp³-hybridized carbons (Fsp3) is 0.0588. The van der Waals surface area contributed by atoms with Gasteiger partial charge in [-0.05, 0) is 24.3 Å². The van der Waals surface area contributed by atoms with Crippen LogP contribution in [0.1, 0.15) is 11.4 Å². The Balaban J connectivity index is 2.07. The third-order valence-electron chi connectivity index (χ3n) is 4.16. The van der Waals surface area contributed by atoms with Crippen LogP contribution in [-0.4, -0.2) is 34.8 Å². The minimum Gasteiger partial charge on any atom is -0.505 e. The van der Waals surface area contributed by atoms with Gasteiger partial charge in [-0.25, -0.2) is 13.4 Å². The van der Waals surface area contributed by atoms with E-state index in [9.17, 15) is 18.3 Å². The van der Waals surface area contributed by atoms with E-state index in [1.165, 1.54) is 19.2 Å². The highest BCUT2D eigenvalue weighted by molar-refractivity contribution is 7.89. The Morgan fingerprint density at radius 1 is 1.08 bits per heavy atom. The second-order valence-electron chi connectivity index (χ2n) is 5.60. The fourth-order valence-corrected chi connectivity index (χ4v) is 4.29. The first kappa shape index (κ1) is 15.4. The molecule has 0 unspecified atom stereocenters. The summed E-state index contributed by atoms with van der Waals surface area (Å²) in [5.41, 5.74) is 0.102. The van der Waals surface area contributed by atoms with Crippen LogP contribution in [0.3, 0.4) is 0 Å². The van der Waals surface area contributed by atoms with Crippen LogP contribution in [-0.2, 0) is 10.0 Å². The van der Waals surface area contributed by atoms with Gasteiger partial charge in [-0.1, -0.05) is 24.3 Å². The largest absolute Gasteiger partial charge is 0.505 e. The van der Waals surface area contributed by atoms with E-state index in [4.69, 9.17) is 0 Å². The second-order valence-corrected chi connectivity index (χ2v) is 7.54. The number of aromatic amines is 1. The number of hydrogen-bond acceptors (Lipinski definition) is 5. The summed E-state index contributed by atoms with van der Waals surface area (Å²) in [5.74, 6) is -0.270. The number of aliphatic hydroxyl groups excluding tert-OH is 1. The van der Waals surface area contributed by atoms with Gasteiger partial charge < -0.3 is 10.1 Å². The Morgan fingerprint density at radius 3 is 2.56 bits per heavy atom. The lowest BCUT2D eigenvalue weighted by Crippen LogP contribution is -2.32. The molecule has 1 aliphatic rings. The number of H-pyrrole nitrogens is 1. The molecule has 3 aromatic rings. The number of nitrogens with one attached hydrogen (secondary N) is 1. The zero-order valence-corrected chi connectivity index (χ0v) is 13.9. The van der Waals surface area contributed by atoms with E-state index in [2.05, 4.69) is 9.97 Å². The minimum absolute atomic E-state index is 0.00175. The average Bonchev–Trinajstić information content (AvgIpc) is 2.61. The zero-order chi connectivity index (χ0) is 17.8. The summed E-state index contributed by atoms with van der Waals surface area (Å²) in [6, 6.07) is 12.8. The highest BCUT2D eigenvalue weighted by Gasteiger charge is 2.36. The lowest BCUT2D eigenvalue weighted by Gasteiger charge is -2.28. The summed E-state index contributed by atoms with van der Waals surface area (Å²) in [7, 11) is -2.55. The maximum absolute atomic E-state index is 12.7. The molecule has 7 nitrogen and oxygen atoms in total. The standard InChI is InChI=1S/C17H13N3O4S/c1-20-14(15(21)11-7-3-5-9-13(11)25(20,23)24)16-18-12-8-4-2-6-10(12)17(22)19-16/h2-9,21H,1H3,(H,18,19,22). The van der Waals surface area contributed by atoms with Gasteiger partial charge in [0, 0.05) is 12.6 Å². The van der Waals surface area contributed by atoms with Crippen molar-refractivity contribution >= 4 is 32.4 Å². The lowest BCUT2D eigenvalue weighted by molar-refractivity contribution is 0.486. The monoisotopic (exact) mass is 355 g/mol. The molecule has 1 aliphatic heterocycles. The van der Waals surface area contributed by atoms with Gasteiger partial charge in [-0.3, -0.25) is 9.10 Å². The lowest BCUT2D eigenvalue weighted by atomic mass is 10.1. The highest BCUT2D eigenvalue weighted by atomic mass is 32.2. The zero-order valence-electron chi connectivity index (χ0n) is 13.1. The van der Waals surface area contributed by atoms with Gasteiger partial charge in [0.15, 0.2) is 11.6 Å². The molecule has 0 fully saturated rings. The normalized spacial score (nSPS) is 16.1. The molecule has 0 atom stereocenters. The van der Waals surface area contributed by atoms with E-state index in [0.717, 1.165) is 4.31 Å². The predicted octanol–water partition coefficient (Wildman–Crippen LogP) is 1.94. The summed E-state index contributed by atoms with van der Waals surface area (Å²) < 4.78 is 26.4. The molecular formula is C17H13N3O4S. The van der Waals surface area contributed by atoms with E-state index < -0.39 is 15.6 Å². The molecule has 25 heavy (non-hydrogen) atoms. The predicted molar refractivity (Wildman–Crippen MR) is 93.2 cm³/mol. The number of aliphatic hydroxyl groups is 1. The summed E-state index contributed by atoms with van der Waals surface area (Å²) in [4.78, 5) is 19.2. The van der Waals surface area contributed by atoms with Crippen LogP contribution in [0, 0.1) is 0 Å². The Bertz CT molecular complexity index is 1210. The first-order valence-electron chi connectivity index (χ1n) is 7.42. The van der Waals surface area contributed by atoms with Gasteiger partial charge in [0.2, 0.25) is 0 Å². The van der Waals surface area contributed by atoms with Gasteiger partial charge in [0.05, 0.1) is 15.8 Å². The van der Waals surface area contributed by atoms with Gasteiger partial charge in [-0.2, -0.15) is 0 Å².